The van der Waals surface area contributed by atoms with E-state index in [9.17, 15) is 10.1 Å². The molecular weight excluding hydrogens is 542 g/mol. The number of rotatable bonds is 8. The van der Waals surface area contributed by atoms with Crippen LogP contribution >= 0.6 is 0 Å². The molecule has 0 atom stereocenters. The minimum absolute atomic E-state index is 0.119. The summed E-state index contributed by atoms with van der Waals surface area (Å²) in [7, 11) is 8.47. The van der Waals surface area contributed by atoms with E-state index in [0.717, 1.165) is 33.5 Å². The lowest BCUT2D eigenvalue weighted by molar-refractivity contribution is 0.103. The standard InChI is InChI=1S/C34H33N5O4/c1-19-12-20(2)31-25(27-15-24(26(17-35)34(36)37-27)21-8-10-23(11-9-21)38(3)4)16-28(39(31)18-19)32(40)22-13-29(41-5)33(43-7)30(14-22)42-6/h8-16,18H,1-7H3,(H2,36,37). The van der Waals surface area contributed by atoms with E-state index in [2.05, 4.69) is 17.1 Å². The van der Waals surface area contributed by atoms with E-state index in [-0.39, 0.29) is 11.6 Å². The maximum atomic E-state index is 14.1. The van der Waals surface area contributed by atoms with Crippen molar-refractivity contribution >= 4 is 22.8 Å². The van der Waals surface area contributed by atoms with Crippen LogP contribution in [0.4, 0.5) is 11.5 Å². The molecular formula is C34H33N5O4. The Morgan fingerprint density at radius 2 is 1.58 bits per heavy atom. The average molecular weight is 576 g/mol. The Kier molecular flexibility index (Phi) is 7.70. The van der Waals surface area contributed by atoms with Crippen LogP contribution in [-0.2, 0) is 0 Å². The fraction of sp³-hybridized carbons (Fsp3) is 0.206. The number of benzene rings is 2. The molecule has 5 aromatic rings. The van der Waals surface area contributed by atoms with Crippen LogP contribution in [0.3, 0.4) is 0 Å². The van der Waals surface area contributed by atoms with Crippen LogP contribution in [0.5, 0.6) is 17.2 Å². The third kappa shape index (κ3) is 5.08. The van der Waals surface area contributed by atoms with Crippen LogP contribution in [0.15, 0.2) is 60.8 Å². The van der Waals surface area contributed by atoms with Crippen LogP contribution in [0.25, 0.3) is 27.9 Å². The molecule has 43 heavy (non-hydrogen) atoms. The molecule has 0 amide bonds. The lowest BCUT2D eigenvalue weighted by Crippen LogP contribution is -2.08. The first-order valence-corrected chi connectivity index (χ1v) is 13.6. The number of nitrogens with two attached hydrogens (primary N) is 1. The molecule has 3 aromatic heterocycles. The van der Waals surface area contributed by atoms with Gasteiger partial charge in [-0.25, -0.2) is 4.98 Å². The van der Waals surface area contributed by atoms with E-state index in [4.69, 9.17) is 19.9 Å². The van der Waals surface area contributed by atoms with E-state index in [1.165, 1.54) is 21.3 Å². The van der Waals surface area contributed by atoms with Gasteiger partial charge in [-0.2, -0.15) is 5.26 Å². The van der Waals surface area contributed by atoms with Gasteiger partial charge in [-0.1, -0.05) is 18.2 Å². The summed E-state index contributed by atoms with van der Waals surface area (Å²) < 4.78 is 18.3. The first-order valence-electron chi connectivity index (χ1n) is 13.6. The zero-order valence-corrected chi connectivity index (χ0v) is 25.3. The Morgan fingerprint density at radius 1 is 0.930 bits per heavy atom. The van der Waals surface area contributed by atoms with Gasteiger partial charge in [0.1, 0.15) is 17.5 Å². The van der Waals surface area contributed by atoms with Crippen molar-refractivity contribution in [3.63, 3.8) is 0 Å². The van der Waals surface area contributed by atoms with Crippen molar-refractivity contribution in [1.29, 1.82) is 5.26 Å². The summed E-state index contributed by atoms with van der Waals surface area (Å²) in [4.78, 5) is 20.8. The van der Waals surface area contributed by atoms with E-state index in [1.54, 1.807) is 12.1 Å². The number of carbonyl (C=O) groups is 1. The van der Waals surface area contributed by atoms with Crippen LogP contribution in [-0.4, -0.2) is 50.6 Å². The maximum absolute atomic E-state index is 14.1. The number of fused-ring (bicyclic) bond motifs is 1. The van der Waals surface area contributed by atoms with Crippen molar-refractivity contribution in [1.82, 2.24) is 9.38 Å². The molecule has 218 valence electrons. The van der Waals surface area contributed by atoms with Gasteiger partial charge in [0.15, 0.2) is 11.5 Å². The number of ether oxygens (including phenoxy) is 3. The number of aromatic nitrogens is 2. The van der Waals surface area contributed by atoms with E-state index >= 15 is 0 Å². The highest BCUT2D eigenvalue weighted by molar-refractivity contribution is 6.11. The van der Waals surface area contributed by atoms with Crippen LogP contribution in [0, 0.1) is 25.2 Å². The number of aryl methyl sites for hydroxylation is 2. The monoisotopic (exact) mass is 575 g/mol. The zero-order valence-electron chi connectivity index (χ0n) is 25.3. The van der Waals surface area contributed by atoms with Gasteiger partial charge >= 0.3 is 0 Å². The van der Waals surface area contributed by atoms with E-state index < -0.39 is 0 Å². The van der Waals surface area contributed by atoms with Crippen molar-refractivity contribution < 1.29 is 19.0 Å². The molecule has 0 aliphatic carbocycles. The largest absolute Gasteiger partial charge is 0.493 e. The second-order valence-electron chi connectivity index (χ2n) is 10.5. The summed E-state index contributed by atoms with van der Waals surface area (Å²) in [6.45, 7) is 3.97. The van der Waals surface area contributed by atoms with E-state index in [1.807, 2.05) is 79.8 Å². The lowest BCUT2D eigenvalue weighted by Gasteiger charge is -2.14. The van der Waals surface area contributed by atoms with Crippen LogP contribution in [0.2, 0.25) is 0 Å². The fourth-order valence-electron chi connectivity index (χ4n) is 5.43. The van der Waals surface area contributed by atoms with Crippen LogP contribution in [0.1, 0.15) is 32.7 Å². The summed E-state index contributed by atoms with van der Waals surface area (Å²) >= 11 is 0. The first-order chi connectivity index (χ1) is 20.6. The summed E-state index contributed by atoms with van der Waals surface area (Å²) in [6.07, 6.45) is 1.92. The van der Waals surface area contributed by atoms with Crippen molar-refractivity contribution in [2.75, 3.05) is 46.1 Å². The number of pyridine rings is 2. The predicted octanol–water partition coefficient (Wildman–Crippen LogP) is 6.06. The Labute approximate surface area is 250 Å². The SMILES string of the molecule is COc1cc(C(=O)c2cc(-c3cc(-c4ccc(N(C)C)cc4)c(C#N)c(N)n3)c3c(C)cc(C)cn23)cc(OC)c1OC. The molecule has 9 nitrogen and oxygen atoms in total. The van der Waals surface area contributed by atoms with Gasteiger partial charge in [0, 0.05) is 42.7 Å². The molecule has 0 aliphatic heterocycles. The molecule has 0 fully saturated rings. The molecule has 3 heterocycles. The summed E-state index contributed by atoms with van der Waals surface area (Å²) in [5.41, 5.74) is 14.0. The highest BCUT2D eigenvalue weighted by Gasteiger charge is 2.24. The third-order valence-corrected chi connectivity index (χ3v) is 7.48. The highest BCUT2D eigenvalue weighted by Crippen LogP contribution is 2.40. The quantitative estimate of drug-likeness (QED) is 0.222. The number of nitrogens with zero attached hydrogens (tertiary/aromatic N) is 4. The second-order valence-corrected chi connectivity index (χ2v) is 10.5. The van der Waals surface area contributed by atoms with Crippen molar-refractivity contribution in [3.8, 4) is 45.7 Å². The van der Waals surface area contributed by atoms with Gasteiger partial charge < -0.3 is 29.2 Å². The second kappa shape index (κ2) is 11.4. The van der Waals surface area contributed by atoms with Gasteiger partial charge in [0.25, 0.3) is 0 Å². The van der Waals surface area contributed by atoms with Gasteiger partial charge in [-0.15, -0.1) is 0 Å². The van der Waals surface area contributed by atoms with Gasteiger partial charge in [-0.3, -0.25) is 4.79 Å². The Hall–Kier alpha value is -5.49. The number of nitrogen functional groups attached to an aromatic ring is 1. The third-order valence-electron chi connectivity index (χ3n) is 7.48. The summed E-state index contributed by atoms with van der Waals surface area (Å²) in [5.74, 6) is 1.03. The van der Waals surface area contributed by atoms with Crippen molar-refractivity contribution in [3.05, 3.63) is 88.7 Å². The zero-order chi connectivity index (χ0) is 31.0. The average Bonchev–Trinajstić information content (AvgIpc) is 3.39. The lowest BCUT2D eigenvalue weighted by atomic mass is 9.97. The predicted molar refractivity (Wildman–Crippen MR) is 169 cm³/mol. The molecule has 0 unspecified atom stereocenters. The maximum Gasteiger partial charge on any atom is 0.210 e. The van der Waals surface area contributed by atoms with Gasteiger partial charge in [-0.05, 0) is 66.9 Å². The smallest absolute Gasteiger partial charge is 0.210 e. The van der Waals surface area contributed by atoms with Gasteiger partial charge in [0.2, 0.25) is 11.5 Å². The summed E-state index contributed by atoms with van der Waals surface area (Å²) in [5, 5.41) is 9.98. The minimum Gasteiger partial charge on any atom is -0.493 e. The highest BCUT2D eigenvalue weighted by atomic mass is 16.5. The molecule has 0 bridgehead atoms. The Morgan fingerprint density at radius 3 is 2.14 bits per heavy atom. The molecule has 0 saturated carbocycles. The number of hydrogen-bond donors (Lipinski definition) is 1. The number of hydrogen-bond acceptors (Lipinski definition) is 8. The number of nitriles is 1. The number of ketones is 1. The fourth-order valence-corrected chi connectivity index (χ4v) is 5.43. The minimum atomic E-state index is -0.244. The molecule has 2 N–H and O–H groups in total. The summed E-state index contributed by atoms with van der Waals surface area (Å²) in [6, 6.07) is 19.1. The number of carbonyl (C=O) groups excluding carboxylic acids is 1. The molecule has 9 heteroatoms. The molecule has 5 rings (SSSR count). The molecule has 0 spiro atoms. The van der Waals surface area contributed by atoms with Crippen LogP contribution < -0.4 is 24.8 Å². The Bertz CT molecular complexity index is 1890. The molecule has 0 aliphatic rings. The normalized spacial score (nSPS) is 10.8. The van der Waals surface area contributed by atoms with Gasteiger partial charge in [0.05, 0.1) is 38.2 Å². The van der Waals surface area contributed by atoms with E-state index in [0.29, 0.717) is 45.3 Å². The Balaban J connectivity index is 1.74. The molecule has 0 radical (unpaired) electrons. The number of methoxy groups -OCH3 is 3. The molecule has 2 aromatic carbocycles. The van der Waals surface area contributed by atoms with Crippen molar-refractivity contribution in [2.24, 2.45) is 0 Å². The topological polar surface area (TPSA) is 115 Å². The first kappa shape index (κ1) is 29.0. The number of anilines is 2. The molecule has 0 saturated heterocycles. The van der Waals surface area contributed by atoms with Crippen molar-refractivity contribution in [2.45, 2.75) is 13.8 Å².